The van der Waals surface area contributed by atoms with E-state index in [1.54, 1.807) is 6.92 Å². The topological polar surface area (TPSA) is 60.4 Å². The third-order valence-electron chi connectivity index (χ3n) is 0.479. The maximum atomic E-state index is 10.2. The highest BCUT2D eigenvalue weighted by molar-refractivity contribution is 7.73. The largest absolute Gasteiger partial charge is 0.462 e. The molecule has 0 aliphatic carbocycles. The molecule has 68 valence electrons. The predicted molar refractivity (Wildman–Crippen MR) is 46.1 cm³/mol. The van der Waals surface area contributed by atoms with Crippen LogP contribution in [0.15, 0.2) is 0 Å². The van der Waals surface area contributed by atoms with Crippen LogP contribution in [0.5, 0.6) is 0 Å². The number of esters is 1. The van der Waals surface area contributed by atoms with Crippen molar-refractivity contribution in [1.29, 1.82) is 0 Å². The Kier molecular flexibility index (Phi) is 15.1. The molecule has 0 bridgehead atoms. The minimum absolute atomic E-state index is 0. The van der Waals surface area contributed by atoms with E-state index in [2.05, 4.69) is 4.74 Å². The fourth-order valence-electron chi connectivity index (χ4n) is 0.255. The number of carbonyl (C=O) groups excluding carboxylic acids is 1. The summed E-state index contributed by atoms with van der Waals surface area (Å²) in [5, 5.41) is 0.476. The quantitative estimate of drug-likeness (QED) is 0.491. The standard InChI is InChI=1S/C4H6O4S.2ClH/c1-2-8-4(5)3-9(6)7;;/h3H,2H2,1H3;2*1H. The van der Waals surface area contributed by atoms with E-state index < -0.39 is 16.3 Å². The van der Waals surface area contributed by atoms with Crippen LogP contribution in [0.1, 0.15) is 6.92 Å². The second-order valence-electron chi connectivity index (χ2n) is 1.13. The van der Waals surface area contributed by atoms with E-state index in [0.717, 1.165) is 0 Å². The van der Waals surface area contributed by atoms with E-state index in [0.29, 0.717) is 5.37 Å². The van der Waals surface area contributed by atoms with Crippen molar-refractivity contribution < 1.29 is 17.9 Å². The van der Waals surface area contributed by atoms with E-state index in [9.17, 15) is 13.2 Å². The van der Waals surface area contributed by atoms with Crippen LogP contribution < -0.4 is 0 Å². The Hall–Kier alpha value is -0.260. The van der Waals surface area contributed by atoms with Gasteiger partial charge in [-0.3, -0.25) is 0 Å². The second kappa shape index (κ2) is 9.74. The van der Waals surface area contributed by atoms with Gasteiger partial charge in [-0.2, -0.15) is 8.42 Å². The van der Waals surface area contributed by atoms with Gasteiger partial charge < -0.3 is 4.74 Å². The van der Waals surface area contributed by atoms with E-state index in [1.165, 1.54) is 0 Å². The lowest BCUT2D eigenvalue weighted by Crippen LogP contribution is -2.04. The van der Waals surface area contributed by atoms with Crippen molar-refractivity contribution in [3.05, 3.63) is 0 Å². The summed E-state index contributed by atoms with van der Waals surface area (Å²) in [6.45, 7) is 1.78. The summed E-state index contributed by atoms with van der Waals surface area (Å²) in [6, 6.07) is 0. The zero-order valence-corrected chi connectivity index (χ0v) is 8.09. The van der Waals surface area contributed by atoms with Gasteiger partial charge in [-0.05, 0) is 6.92 Å². The van der Waals surface area contributed by atoms with E-state index in [1.807, 2.05) is 0 Å². The number of ether oxygens (including phenoxy) is 1. The number of rotatable bonds is 2. The van der Waals surface area contributed by atoms with Gasteiger partial charge in [0.15, 0.2) is 0 Å². The normalized spacial score (nSPS) is 6.64. The average Bonchev–Trinajstić information content (AvgIpc) is 1.63. The summed E-state index contributed by atoms with van der Waals surface area (Å²) in [6.07, 6.45) is 0. The third-order valence-corrected chi connectivity index (χ3v) is 0.864. The predicted octanol–water partition coefficient (Wildman–Crippen LogP) is 0.0744. The monoisotopic (exact) mass is 222 g/mol. The van der Waals surface area contributed by atoms with Crippen molar-refractivity contribution in [2.24, 2.45) is 0 Å². The van der Waals surface area contributed by atoms with Gasteiger partial charge in [-0.1, -0.05) is 0 Å². The summed E-state index contributed by atoms with van der Waals surface area (Å²) in [7, 11) is -2.45. The first-order chi connectivity index (χ1) is 4.16. The number of hydrogen-bond acceptors (Lipinski definition) is 4. The molecule has 0 heterocycles. The molecule has 7 heteroatoms. The molecule has 0 saturated heterocycles. The molecule has 0 fully saturated rings. The zero-order valence-electron chi connectivity index (χ0n) is 5.64. The third kappa shape index (κ3) is 12.8. The number of halogens is 2. The summed E-state index contributed by atoms with van der Waals surface area (Å²) >= 11 is 0. The van der Waals surface area contributed by atoms with Crippen molar-refractivity contribution in [2.45, 2.75) is 6.92 Å². The first-order valence-corrected chi connectivity index (χ1v) is 3.40. The second-order valence-corrected chi connectivity index (χ2v) is 1.89. The first kappa shape index (κ1) is 17.0. The average molecular weight is 223 g/mol. The van der Waals surface area contributed by atoms with Crippen molar-refractivity contribution in [3.63, 3.8) is 0 Å². The van der Waals surface area contributed by atoms with Crippen LogP contribution in [0.25, 0.3) is 0 Å². The van der Waals surface area contributed by atoms with Crippen LogP contribution in [0, 0.1) is 0 Å². The summed E-state index contributed by atoms with van der Waals surface area (Å²) in [5.74, 6) is -0.828. The number of carbonyl (C=O) groups is 1. The zero-order chi connectivity index (χ0) is 7.28. The summed E-state index contributed by atoms with van der Waals surface area (Å²) in [5.41, 5.74) is 0. The van der Waals surface area contributed by atoms with Crippen LogP contribution in [0.3, 0.4) is 0 Å². The van der Waals surface area contributed by atoms with Crippen LogP contribution >= 0.6 is 24.8 Å². The van der Waals surface area contributed by atoms with Gasteiger partial charge in [-0.15, -0.1) is 24.8 Å². The van der Waals surface area contributed by atoms with Gasteiger partial charge in [0.1, 0.15) is 5.37 Å². The lowest BCUT2D eigenvalue weighted by molar-refractivity contribution is -0.134. The molecule has 0 aromatic carbocycles. The van der Waals surface area contributed by atoms with Crippen LogP contribution in [0.4, 0.5) is 0 Å². The summed E-state index contributed by atoms with van der Waals surface area (Å²) < 4.78 is 23.7. The van der Waals surface area contributed by atoms with Crippen molar-refractivity contribution in [3.8, 4) is 0 Å². The maximum absolute atomic E-state index is 10.2. The van der Waals surface area contributed by atoms with Crippen molar-refractivity contribution >= 4 is 46.4 Å². The minimum atomic E-state index is -2.45. The van der Waals surface area contributed by atoms with Crippen molar-refractivity contribution in [1.82, 2.24) is 0 Å². The Morgan fingerprint density at radius 1 is 1.45 bits per heavy atom. The minimum Gasteiger partial charge on any atom is -0.462 e. The Labute approximate surface area is 78.3 Å². The Morgan fingerprint density at radius 3 is 2.18 bits per heavy atom. The molecule has 0 aliphatic heterocycles. The van der Waals surface area contributed by atoms with Gasteiger partial charge >= 0.3 is 5.97 Å². The Bertz CT molecular complexity index is 212. The van der Waals surface area contributed by atoms with Crippen LogP contribution in [0.2, 0.25) is 0 Å². The number of hydrogen-bond donors (Lipinski definition) is 0. The van der Waals surface area contributed by atoms with Gasteiger partial charge in [0.25, 0.3) is 0 Å². The Balaban J connectivity index is -0.000000320. The van der Waals surface area contributed by atoms with E-state index in [4.69, 9.17) is 0 Å². The summed E-state index contributed by atoms with van der Waals surface area (Å²) in [4.78, 5) is 10.2. The molecule has 11 heavy (non-hydrogen) atoms. The fourth-order valence-corrected chi connectivity index (χ4v) is 0.480. The highest BCUT2D eigenvalue weighted by Crippen LogP contribution is 1.69. The molecule has 0 N–H and O–H groups in total. The molecule has 0 aromatic heterocycles. The van der Waals surface area contributed by atoms with Crippen LogP contribution in [-0.4, -0.2) is 26.4 Å². The molecule has 4 nitrogen and oxygen atoms in total. The molecule has 0 atom stereocenters. The highest BCUT2D eigenvalue weighted by atomic mass is 35.5. The molecule has 0 aromatic rings. The molecule has 0 radical (unpaired) electrons. The van der Waals surface area contributed by atoms with Gasteiger partial charge in [-0.25, -0.2) is 4.79 Å². The SMILES string of the molecule is CCOC(=O)C=S(=O)=O.Cl.Cl. The first-order valence-electron chi connectivity index (χ1n) is 2.26. The van der Waals surface area contributed by atoms with Crippen LogP contribution in [-0.2, 0) is 19.8 Å². The molecule has 0 saturated carbocycles. The Morgan fingerprint density at radius 2 is 1.91 bits per heavy atom. The molecular formula is C4H8Cl2O4S. The maximum Gasteiger partial charge on any atom is 0.346 e. The molecule has 0 amide bonds. The highest BCUT2D eigenvalue weighted by Gasteiger charge is 1.93. The molecule has 0 unspecified atom stereocenters. The molecule has 0 rings (SSSR count). The van der Waals surface area contributed by atoms with Gasteiger partial charge in [0.2, 0.25) is 10.3 Å². The van der Waals surface area contributed by atoms with Gasteiger partial charge in [0.05, 0.1) is 6.61 Å². The molecule has 0 aliphatic rings. The van der Waals surface area contributed by atoms with E-state index in [-0.39, 0.29) is 31.4 Å². The van der Waals surface area contributed by atoms with Gasteiger partial charge in [0, 0.05) is 0 Å². The van der Waals surface area contributed by atoms with E-state index >= 15 is 0 Å². The lowest BCUT2D eigenvalue weighted by Gasteiger charge is -1.89. The lowest BCUT2D eigenvalue weighted by atomic mass is 10.8. The molecular weight excluding hydrogens is 215 g/mol. The fraction of sp³-hybridized carbons (Fsp3) is 0.500. The van der Waals surface area contributed by atoms with Crippen molar-refractivity contribution in [2.75, 3.05) is 6.61 Å². The smallest absolute Gasteiger partial charge is 0.346 e. The molecule has 0 spiro atoms.